The molecule has 0 fully saturated rings. The first-order chi connectivity index (χ1) is 41.5. The van der Waals surface area contributed by atoms with Gasteiger partial charge in [-0.15, -0.1) is 0 Å². The van der Waals surface area contributed by atoms with Gasteiger partial charge in [-0.25, -0.2) is 4.70 Å². The Bertz CT molecular complexity index is 1810. The number of benzene rings is 2. The van der Waals surface area contributed by atoms with Crippen LogP contribution in [0.1, 0.15) is 411 Å². The molecule has 0 saturated carbocycles. The Morgan fingerprint density at radius 1 is 0.329 bits per heavy atom. The predicted octanol–water partition coefficient (Wildman–Crippen LogP) is 28.8. The minimum absolute atomic E-state index is 0. The summed E-state index contributed by atoms with van der Waals surface area (Å²) in [4.78, 5) is 0. The van der Waals surface area contributed by atoms with Gasteiger partial charge in [0, 0.05) is 23.1 Å². The molecule has 0 spiro atoms. The molecule has 0 saturated heterocycles. The van der Waals surface area contributed by atoms with Crippen molar-refractivity contribution in [1.29, 1.82) is 0 Å². The Morgan fingerprint density at radius 2 is 0.612 bits per heavy atom. The zero-order valence-electron chi connectivity index (χ0n) is 57.8. The van der Waals surface area contributed by atoms with Gasteiger partial charge in [0.15, 0.2) is 0 Å². The molecule has 2 aromatic carbocycles. The standard InChI is InChI=1S/C38H52N2.2C22H45.Ni/c1-5-9-13-16-21-31-23-19-25-33(29-31)37-35(27-12-8-4)36(28-18-15-11-7-3)38(40(37)39)34-26-20-24-32(30-34)22-17-14-10-6-2;2*1-3-5-7-9-11-13-15-17-19-21-22-20-18-16-14-12-10-8-6-4-2;/h19-20,23-26,29-30H,5-17,21-22,27H2,1-4H3;2*1,3-22H2,2H3;/q;2*-1;+2. The van der Waals surface area contributed by atoms with Crippen LogP contribution in [-0.2, 0) is 29.3 Å². The zero-order chi connectivity index (χ0) is 60.9. The van der Waals surface area contributed by atoms with Gasteiger partial charge in [-0.2, -0.15) is 12.8 Å². The van der Waals surface area contributed by atoms with Crippen LogP contribution in [0.15, 0.2) is 59.7 Å². The number of nitrogens with zero attached hydrogens (tertiary/aromatic N) is 2. The summed E-state index contributed by atoms with van der Waals surface area (Å²) in [5.74, 6) is 7.03. The average Bonchev–Trinajstić information content (AvgIpc) is 2.87. The minimum Gasteiger partial charge on any atom is -0.493 e. The molecular formula is C82H142N2Ni. The largest absolute Gasteiger partial charge is 2.00 e. The van der Waals surface area contributed by atoms with E-state index < -0.39 is 0 Å². The number of rotatable bonds is 55. The summed E-state index contributed by atoms with van der Waals surface area (Å²) in [5.41, 5.74) is 20.8. The number of allylic oxidation sites excluding steroid dienone is 2. The number of hydrogen-bond donors (Lipinski definition) is 0. The van der Waals surface area contributed by atoms with E-state index in [1.165, 1.54) is 317 Å². The Balaban J connectivity index is 0.00000134. The first-order valence-electron chi connectivity index (χ1n) is 37.7. The first-order valence-corrected chi connectivity index (χ1v) is 37.7. The fraction of sp³-hybridized carbons (Fsp3) is 0.756. The molecule has 0 amide bonds. The predicted molar refractivity (Wildman–Crippen MR) is 380 cm³/mol. The van der Waals surface area contributed by atoms with Gasteiger partial charge in [-0.3, -0.25) is 0 Å². The maximum absolute atomic E-state index is 11.9. The van der Waals surface area contributed by atoms with E-state index in [0.29, 0.717) is 0 Å². The van der Waals surface area contributed by atoms with Gasteiger partial charge in [0.2, 0.25) is 11.4 Å². The van der Waals surface area contributed by atoms with Crippen LogP contribution in [0.3, 0.4) is 0 Å². The van der Waals surface area contributed by atoms with Crippen LogP contribution in [0.4, 0.5) is 0 Å². The van der Waals surface area contributed by atoms with Crippen molar-refractivity contribution >= 4 is 11.4 Å². The van der Waals surface area contributed by atoms with E-state index in [2.05, 4.69) is 116 Å². The summed E-state index contributed by atoms with van der Waals surface area (Å²) in [7, 11) is 0. The maximum Gasteiger partial charge on any atom is 2.00 e. The molecule has 0 aromatic heterocycles. The fourth-order valence-corrected chi connectivity index (χ4v) is 12.1. The Labute approximate surface area is 543 Å². The molecule has 0 radical (unpaired) electrons. The minimum atomic E-state index is 0. The van der Waals surface area contributed by atoms with Crippen LogP contribution in [0.2, 0.25) is 0 Å². The van der Waals surface area contributed by atoms with Crippen molar-refractivity contribution in [2.24, 2.45) is 0 Å². The molecule has 1 aliphatic rings. The number of hydrogen-bond acceptors (Lipinski definition) is 0. The Morgan fingerprint density at radius 3 is 0.918 bits per heavy atom. The summed E-state index contributed by atoms with van der Waals surface area (Å²) in [6, 6.07) is 17.7. The van der Waals surface area contributed by atoms with Crippen molar-refractivity contribution in [3.05, 3.63) is 101 Å². The summed E-state index contributed by atoms with van der Waals surface area (Å²) in [6.07, 6.45) is 76.1. The molecule has 0 bridgehead atoms. The van der Waals surface area contributed by atoms with E-state index in [1.54, 1.807) is 0 Å². The van der Waals surface area contributed by atoms with Crippen LogP contribution in [0.25, 0.3) is 16.9 Å². The van der Waals surface area contributed by atoms with Crippen LogP contribution in [-0.4, -0.2) is 4.70 Å². The van der Waals surface area contributed by atoms with Gasteiger partial charge in [-0.05, 0) is 80.3 Å². The smallest absolute Gasteiger partial charge is 0.493 e. The summed E-state index contributed by atoms with van der Waals surface area (Å²) < 4.78 is 1.47. The van der Waals surface area contributed by atoms with Crippen LogP contribution in [0, 0.1) is 25.7 Å². The van der Waals surface area contributed by atoms with Gasteiger partial charge in [-0.1, -0.05) is 373 Å². The van der Waals surface area contributed by atoms with Crippen molar-refractivity contribution in [1.82, 2.24) is 0 Å². The second-order valence-corrected chi connectivity index (χ2v) is 25.8. The van der Waals surface area contributed by atoms with Crippen LogP contribution in [0.5, 0.6) is 0 Å². The molecule has 0 atom stereocenters. The second-order valence-electron chi connectivity index (χ2n) is 25.8. The number of aryl methyl sites for hydroxylation is 2. The Kier molecular flexibility index (Phi) is 62.7. The number of unbranched alkanes of at least 4 members (excludes halogenated alkanes) is 47. The average molecular weight is 1210 g/mol. The molecular weight excluding hydrogens is 1070 g/mol. The molecule has 3 rings (SSSR count). The quantitative estimate of drug-likeness (QED) is 0.0207. The molecule has 0 N–H and O–H groups in total. The first kappa shape index (κ1) is 82.6. The zero-order valence-corrected chi connectivity index (χ0v) is 58.8. The van der Waals surface area contributed by atoms with Crippen LogP contribution < -0.4 is 0 Å². The van der Waals surface area contributed by atoms with Crippen molar-refractivity contribution < 1.29 is 21.2 Å². The second kappa shape index (κ2) is 64.6. The molecule has 3 heteroatoms. The molecule has 2 aromatic rings. The molecule has 2 nitrogen and oxygen atoms in total. The topological polar surface area (TPSA) is 25.3 Å². The molecule has 1 aliphatic heterocycles. The molecule has 490 valence electrons. The van der Waals surface area contributed by atoms with Gasteiger partial charge in [0.1, 0.15) is 5.57 Å². The van der Waals surface area contributed by atoms with E-state index >= 15 is 0 Å². The van der Waals surface area contributed by atoms with E-state index in [4.69, 9.17) is 0 Å². The third-order valence-electron chi connectivity index (χ3n) is 17.6. The van der Waals surface area contributed by atoms with Gasteiger partial charge >= 0.3 is 16.5 Å². The summed E-state index contributed by atoms with van der Waals surface area (Å²) in [6.45, 7) is 21.4. The van der Waals surface area contributed by atoms with Crippen LogP contribution >= 0.6 is 0 Å². The summed E-state index contributed by atoms with van der Waals surface area (Å²) in [5, 5.41) is 0. The van der Waals surface area contributed by atoms with E-state index in [-0.39, 0.29) is 16.5 Å². The fourth-order valence-electron chi connectivity index (χ4n) is 12.1. The maximum atomic E-state index is 11.9. The van der Waals surface area contributed by atoms with Gasteiger partial charge < -0.3 is 19.4 Å². The van der Waals surface area contributed by atoms with Gasteiger partial charge in [0.25, 0.3) is 0 Å². The van der Waals surface area contributed by atoms with E-state index in [1.807, 2.05) is 0 Å². The summed E-state index contributed by atoms with van der Waals surface area (Å²) >= 11 is 0. The SMILES string of the molecule is CCCCC#CC1=C(c2cccc(CCCCCC)c2)[N+](=[N-])C(c2cccc(CCCCCC)c2)=C1CCCC.[CH2-]CCCCCCCCCCCCCCCCCCCCC.[CH2-]CCCCCCCCCCCCCCCCCCCCC.[Ni+2]. The molecule has 0 unspecified atom stereocenters. The molecule has 0 aliphatic carbocycles. The van der Waals surface area contributed by atoms with Crippen molar-refractivity contribution in [2.45, 2.75) is 401 Å². The monoisotopic (exact) mass is 1210 g/mol. The van der Waals surface area contributed by atoms with E-state index in [0.717, 1.165) is 92.3 Å². The molecule has 1 heterocycles. The van der Waals surface area contributed by atoms with Crippen molar-refractivity contribution in [2.75, 3.05) is 0 Å². The van der Waals surface area contributed by atoms with Gasteiger partial charge in [0.05, 0.1) is 0 Å². The van der Waals surface area contributed by atoms with Crippen molar-refractivity contribution in [3.63, 3.8) is 0 Å². The third kappa shape index (κ3) is 46.3. The third-order valence-corrected chi connectivity index (χ3v) is 17.6. The van der Waals surface area contributed by atoms with Crippen molar-refractivity contribution in [3.8, 4) is 11.8 Å². The Hall–Kier alpha value is -2.43. The van der Waals surface area contributed by atoms with E-state index in [9.17, 15) is 5.53 Å². The normalized spacial score (nSPS) is 12.0. The molecule has 85 heavy (non-hydrogen) atoms.